The second-order valence-corrected chi connectivity index (χ2v) is 4.90. The normalized spacial score (nSPS) is 10.6. The van der Waals surface area contributed by atoms with Crippen LogP contribution in [0.25, 0.3) is 0 Å². The largest absolute Gasteiger partial charge is 0.501 e. The molecule has 1 aromatic rings. The van der Waals surface area contributed by atoms with E-state index in [0.29, 0.717) is 20.3 Å². The molecule has 0 bridgehead atoms. The van der Waals surface area contributed by atoms with E-state index in [4.69, 9.17) is 4.74 Å². The van der Waals surface area contributed by atoms with Crippen molar-refractivity contribution in [3.05, 3.63) is 38.3 Å². The summed E-state index contributed by atoms with van der Waals surface area (Å²) in [7, 11) is 0. The van der Waals surface area contributed by atoms with Crippen LogP contribution in [0.4, 0.5) is 10.1 Å². The lowest BCUT2D eigenvalue weighted by atomic mass is 10.3. The molecule has 1 amide bonds. The third kappa shape index (κ3) is 4.27. The molecule has 0 radical (unpaired) electrons. The predicted molar refractivity (Wildman–Crippen MR) is 76.2 cm³/mol. The van der Waals surface area contributed by atoms with Crippen molar-refractivity contribution in [3.63, 3.8) is 0 Å². The zero-order chi connectivity index (χ0) is 12.8. The maximum Gasteiger partial charge on any atom is 0.251 e. The van der Waals surface area contributed by atoms with Crippen molar-refractivity contribution in [1.82, 2.24) is 0 Å². The van der Waals surface area contributed by atoms with Crippen molar-refractivity contribution in [2.24, 2.45) is 0 Å². The van der Waals surface area contributed by atoms with Crippen LogP contribution in [-0.4, -0.2) is 12.5 Å². The summed E-state index contributed by atoms with van der Waals surface area (Å²) in [5, 5.41) is 2.56. The molecule has 1 N–H and O–H groups in total. The number of benzene rings is 1. The summed E-state index contributed by atoms with van der Waals surface area (Å²) in [4.78, 5) is 11.4. The van der Waals surface area contributed by atoms with Gasteiger partial charge in [-0.3, -0.25) is 4.79 Å². The first kappa shape index (κ1) is 14.4. The van der Waals surface area contributed by atoms with E-state index in [1.54, 1.807) is 12.1 Å². The fourth-order valence-corrected chi connectivity index (χ4v) is 2.31. The number of hydrogen-bond acceptors (Lipinski definition) is 2. The monoisotopic (exact) mass is 413 g/mol. The molecule has 0 heterocycles. The van der Waals surface area contributed by atoms with Gasteiger partial charge in [0.2, 0.25) is 0 Å². The van der Waals surface area contributed by atoms with Crippen molar-refractivity contribution < 1.29 is 13.9 Å². The minimum atomic E-state index is -0.391. The molecule has 0 aliphatic rings. The van der Waals surface area contributed by atoms with Crippen molar-refractivity contribution >= 4 is 50.1 Å². The molecule has 0 aliphatic heterocycles. The van der Waals surface area contributed by atoms with Crippen molar-refractivity contribution in [2.75, 3.05) is 11.9 Å². The van der Waals surface area contributed by atoms with E-state index in [0.717, 1.165) is 0 Å². The Morgan fingerprint density at radius 3 is 3.00 bits per heavy atom. The highest BCUT2D eigenvalue weighted by Gasteiger charge is 2.10. The lowest BCUT2D eigenvalue weighted by Gasteiger charge is -2.07. The van der Waals surface area contributed by atoms with E-state index in [2.05, 4.69) is 21.2 Å². The average molecular weight is 414 g/mol. The van der Waals surface area contributed by atoms with Crippen molar-refractivity contribution in [2.45, 2.75) is 6.92 Å². The van der Waals surface area contributed by atoms with E-state index in [1.807, 2.05) is 29.5 Å². The number of nitrogens with one attached hydrogen (secondary N) is 1. The molecular formula is C11H10BrFINO2. The Hall–Kier alpha value is -0.630. The number of carbonyl (C=O) groups is 1. The van der Waals surface area contributed by atoms with Gasteiger partial charge in [-0.1, -0.05) is 0 Å². The number of halogens is 3. The molecule has 0 fully saturated rings. The third-order valence-electron chi connectivity index (χ3n) is 1.78. The van der Waals surface area contributed by atoms with Gasteiger partial charge in [0.25, 0.3) is 5.91 Å². The maximum atomic E-state index is 13.5. The molecule has 0 unspecified atom stereocenters. The van der Waals surface area contributed by atoms with Crippen molar-refractivity contribution in [1.29, 1.82) is 0 Å². The van der Waals surface area contributed by atoms with Gasteiger partial charge in [-0.15, -0.1) is 0 Å². The van der Waals surface area contributed by atoms with Gasteiger partial charge >= 0.3 is 0 Å². The topological polar surface area (TPSA) is 38.3 Å². The van der Waals surface area contributed by atoms with Gasteiger partial charge in [-0.05, 0) is 57.6 Å². The highest BCUT2D eigenvalue weighted by atomic mass is 127. The Kier molecular flexibility index (Phi) is 5.90. The number of carbonyl (C=O) groups excluding carboxylic acids is 1. The second-order valence-electron chi connectivity index (χ2n) is 2.97. The van der Waals surface area contributed by atoms with Crippen LogP contribution in [0.15, 0.2) is 28.9 Å². The summed E-state index contributed by atoms with van der Waals surface area (Å²) in [6.07, 6.45) is 2.55. The summed E-state index contributed by atoms with van der Waals surface area (Å²) < 4.78 is 19.1. The number of anilines is 1. The molecule has 0 atom stereocenters. The lowest BCUT2D eigenvalue weighted by Crippen LogP contribution is -2.10. The Morgan fingerprint density at radius 2 is 2.35 bits per heavy atom. The molecule has 1 rings (SSSR count). The Morgan fingerprint density at radius 1 is 1.65 bits per heavy atom. The summed E-state index contributed by atoms with van der Waals surface area (Å²) in [5.41, 5.74) is 0.428. The minimum absolute atomic E-state index is 0.357. The Bertz CT molecular complexity index is 451. The van der Waals surface area contributed by atoms with E-state index in [-0.39, 0.29) is 5.91 Å². The van der Waals surface area contributed by atoms with Gasteiger partial charge in [-0.25, -0.2) is 4.39 Å². The quantitative estimate of drug-likeness (QED) is 0.354. The van der Waals surface area contributed by atoms with Crippen LogP contribution < -0.4 is 5.32 Å². The fourth-order valence-electron chi connectivity index (χ4n) is 1.00. The molecule has 0 saturated carbocycles. The molecule has 92 valence electrons. The molecule has 0 saturated heterocycles. The Balaban J connectivity index is 2.76. The smallest absolute Gasteiger partial charge is 0.251 e. The highest BCUT2D eigenvalue weighted by Crippen LogP contribution is 2.27. The molecule has 0 aliphatic carbocycles. The first-order valence-electron chi connectivity index (χ1n) is 4.79. The van der Waals surface area contributed by atoms with Gasteiger partial charge in [0.05, 0.1) is 26.6 Å². The van der Waals surface area contributed by atoms with Crippen LogP contribution in [0.3, 0.4) is 0 Å². The number of ether oxygens (including phenoxy) is 1. The SMILES string of the molecule is CCOC=CC(=O)Nc1ccc(Br)c(F)c1I. The van der Waals surface area contributed by atoms with E-state index >= 15 is 0 Å². The van der Waals surface area contributed by atoms with Crippen LogP contribution in [0.5, 0.6) is 0 Å². The molecule has 0 aromatic heterocycles. The number of rotatable bonds is 4. The van der Waals surface area contributed by atoms with Gasteiger partial charge in [0.15, 0.2) is 5.82 Å². The van der Waals surface area contributed by atoms with Crippen LogP contribution in [0, 0.1) is 9.39 Å². The van der Waals surface area contributed by atoms with Crippen molar-refractivity contribution in [3.8, 4) is 0 Å². The zero-order valence-electron chi connectivity index (χ0n) is 8.97. The number of amides is 1. The maximum absolute atomic E-state index is 13.5. The van der Waals surface area contributed by atoms with Crippen LogP contribution in [0.2, 0.25) is 0 Å². The summed E-state index contributed by atoms with van der Waals surface area (Å²) in [6.45, 7) is 2.31. The first-order valence-corrected chi connectivity index (χ1v) is 6.66. The predicted octanol–water partition coefficient (Wildman–Crippen LogP) is 3.68. The average Bonchev–Trinajstić information content (AvgIpc) is 2.30. The summed E-state index contributed by atoms with van der Waals surface area (Å²) in [5.74, 6) is -0.754. The van der Waals surface area contributed by atoms with Gasteiger partial charge < -0.3 is 10.1 Å². The first-order chi connectivity index (χ1) is 8.06. The summed E-state index contributed by atoms with van der Waals surface area (Å²) >= 11 is 4.91. The molecule has 1 aromatic carbocycles. The van der Waals surface area contributed by atoms with E-state index < -0.39 is 5.82 Å². The lowest BCUT2D eigenvalue weighted by molar-refractivity contribution is -0.112. The highest BCUT2D eigenvalue weighted by molar-refractivity contribution is 14.1. The van der Waals surface area contributed by atoms with Gasteiger partial charge in [0.1, 0.15) is 0 Å². The standard InChI is InChI=1S/C11H10BrFINO2/c1-2-17-6-5-9(16)15-8-4-3-7(12)10(13)11(8)14/h3-6H,2H2,1H3,(H,15,16). The van der Waals surface area contributed by atoms with Gasteiger partial charge in [-0.2, -0.15) is 0 Å². The fraction of sp³-hybridized carbons (Fsp3) is 0.182. The molecular weight excluding hydrogens is 404 g/mol. The minimum Gasteiger partial charge on any atom is -0.501 e. The van der Waals surface area contributed by atoms with Gasteiger partial charge in [0, 0.05) is 6.08 Å². The van der Waals surface area contributed by atoms with Crippen LogP contribution in [0.1, 0.15) is 6.92 Å². The molecule has 0 spiro atoms. The second kappa shape index (κ2) is 6.95. The molecule has 6 heteroatoms. The third-order valence-corrected chi connectivity index (χ3v) is 3.44. The van der Waals surface area contributed by atoms with E-state index in [1.165, 1.54) is 12.3 Å². The van der Waals surface area contributed by atoms with Crippen LogP contribution >= 0.6 is 38.5 Å². The van der Waals surface area contributed by atoms with E-state index in [9.17, 15) is 9.18 Å². The Labute approximate surface area is 121 Å². The molecule has 3 nitrogen and oxygen atoms in total. The number of hydrogen-bond donors (Lipinski definition) is 1. The zero-order valence-corrected chi connectivity index (χ0v) is 12.7. The summed E-state index contributed by atoms with van der Waals surface area (Å²) in [6, 6.07) is 3.17. The molecule has 17 heavy (non-hydrogen) atoms. The van der Waals surface area contributed by atoms with Crippen LogP contribution in [-0.2, 0) is 9.53 Å².